The molecule has 2 N–H and O–H groups in total. The summed E-state index contributed by atoms with van der Waals surface area (Å²) in [5.74, 6) is 0.291. The Balaban J connectivity index is 1.72. The van der Waals surface area contributed by atoms with Crippen molar-refractivity contribution in [2.75, 3.05) is 17.7 Å². The number of carbonyl (C=O) groups is 2. The Morgan fingerprint density at radius 2 is 1.44 bits per heavy atom. The molecule has 0 fully saturated rings. The number of rotatable bonds is 5. The van der Waals surface area contributed by atoms with Crippen LogP contribution in [0.3, 0.4) is 0 Å². The minimum Gasteiger partial charge on any atom is -0.497 e. The molecule has 0 bridgehead atoms. The summed E-state index contributed by atoms with van der Waals surface area (Å²) in [4.78, 5) is 23.7. The van der Waals surface area contributed by atoms with Crippen LogP contribution in [0, 0.1) is 0 Å². The van der Waals surface area contributed by atoms with E-state index in [9.17, 15) is 9.59 Å². The maximum Gasteiger partial charge on any atom is 0.231 e. The molecule has 0 spiro atoms. The molecule has 5 heteroatoms. The number of amides is 2. The van der Waals surface area contributed by atoms with Crippen LogP contribution in [0.4, 0.5) is 11.4 Å². The average molecular weight is 362 g/mol. The van der Waals surface area contributed by atoms with Crippen molar-refractivity contribution in [3.63, 3.8) is 0 Å². The monoisotopic (exact) mass is 362 g/mol. The number of ether oxygens (including phenoxy) is 1. The molecule has 3 rings (SSSR count). The van der Waals surface area contributed by atoms with Crippen molar-refractivity contribution in [2.24, 2.45) is 0 Å². The summed E-state index contributed by atoms with van der Waals surface area (Å²) in [5.41, 5.74) is 2.32. The molecule has 0 saturated carbocycles. The van der Waals surface area contributed by atoms with Crippen molar-refractivity contribution >= 4 is 34.0 Å². The van der Waals surface area contributed by atoms with E-state index in [1.165, 1.54) is 6.92 Å². The number of fused-ring (bicyclic) bond motifs is 1. The minimum atomic E-state index is -0.300. The molecule has 0 aliphatic heterocycles. The van der Waals surface area contributed by atoms with Gasteiger partial charge in [0.2, 0.25) is 11.8 Å². The lowest BCUT2D eigenvalue weighted by Crippen LogP contribution is -2.18. The number of carbonyl (C=O) groups excluding carboxylic acids is 2. The fourth-order valence-electron chi connectivity index (χ4n) is 2.88. The van der Waals surface area contributed by atoms with Crippen molar-refractivity contribution < 1.29 is 14.3 Å². The third-order valence-electron chi connectivity index (χ3n) is 4.44. The minimum absolute atomic E-state index is 0.0878. The second kappa shape index (κ2) is 7.91. The summed E-state index contributed by atoms with van der Waals surface area (Å²) in [7, 11) is 1.64. The molecule has 27 heavy (non-hydrogen) atoms. The van der Waals surface area contributed by atoms with E-state index in [2.05, 4.69) is 10.6 Å². The predicted molar refractivity (Wildman–Crippen MR) is 108 cm³/mol. The van der Waals surface area contributed by atoms with Crippen LogP contribution in [-0.2, 0) is 9.59 Å². The fraction of sp³-hybridized carbons (Fsp3) is 0.182. The molecule has 0 radical (unpaired) electrons. The van der Waals surface area contributed by atoms with E-state index < -0.39 is 0 Å². The summed E-state index contributed by atoms with van der Waals surface area (Å²) in [6.07, 6.45) is 0. The first-order valence-corrected chi connectivity index (χ1v) is 8.72. The van der Waals surface area contributed by atoms with E-state index in [0.717, 1.165) is 22.1 Å². The van der Waals surface area contributed by atoms with Gasteiger partial charge in [0.15, 0.2) is 0 Å². The summed E-state index contributed by atoms with van der Waals surface area (Å²) in [6, 6.07) is 18.9. The Kier molecular flexibility index (Phi) is 5.41. The zero-order chi connectivity index (χ0) is 19.4. The van der Waals surface area contributed by atoms with Gasteiger partial charge in [0, 0.05) is 18.3 Å². The smallest absolute Gasteiger partial charge is 0.231 e. The van der Waals surface area contributed by atoms with Gasteiger partial charge in [-0.3, -0.25) is 9.59 Å². The van der Waals surface area contributed by atoms with Gasteiger partial charge in [0.05, 0.1) is 13.0 Å². The Bertz CT molecular complexity index is 981. The van der Waals surface area contributed by atoms with E-state index in [1.54, 1.807) is 31.4 Å². The highest BCUT2D eigenvalue weighted by atomic mass is 16.5. The number of hydrogen-bond donors (Lipinski definition) is 2. The largest absolute Gasteiger partial charge is 0.497 e. The van der Waals surface area contributed by atoms with Crippen LogP contribution in [-0.4, -0.2) is 18.9 Å². The zero-order valence-corrected chi connectivity index (χ0v) is 15.6. The van der Waals surface area contributed by atoms with Crippen molar-refractivity contribution in [3.05, 3.63) is 66.2 Å². The van der Waals surface area contributed by atoms with Crippen LogP contribution >= 0.6 is 0 Å². The summed E-state index contributed by atoms with van der Waals surface area (Å²) in [6.45, 7) is 3.34. The normalized spacial score (nSPS) is 11.7. The average Bonchev–Trinajstić information content (AvgIpc) is 2.67. The van der Waals surface area contributed by atoms with Crippen LogP contribution in [0.2, 0.25) is 0 Å². The highest BCUT2D eigenvalue weighted by Crippen LogP contribution is 2.26. The van der Waals surface area contributed by atoms with Crippen LogP contribution in [0.15, 0.2) is 60.7 Å². The number of nitrogens with one attached hydrogen (secondary N) is 2. The number of benzene rings is 3. The molecule has 3 aromatic rings. The van der Waals surface area contributed by atoms with Crippen LogP contribution in [0.1, 0.15) is 25.3 Å². The first kappa shape index (κ1) is 18.5. The van der Waals surface area contributed by atoms with Gasteiger partial charge in [-0.2, -0.15) is 0 Å². The van der Waals surface area contributed by atoms with Crippen molar-refractivity contribution in [3.8, 4) is 5.75 Å². The zero-order valence-electron chi connectivity index (χ0n) is 15.6. The van der Waals surface area contributed by atoms with Gasteiger partial charge in [-0.1, -0.05) is 24.3 Å². The van der Waals surface area contributed by atoms with Crippen LogP contribution in [0.5, 0.6) is 5.75 Å². The van der Waals surface area contributed by atoms with Crippen molar-refractivity contribution in [2.45, 2.75) is 19.8 Å². The van der Waals surface area contributed by atoms with Gasteiger partial charge in [-0.05, 0) is 59.7 Å². The van der Waals surface area contributed by atoms with E-state index in [-0.39, 0.29) is 17.7 Å². The number of methoxy groups -OCH3 is 1. The van der Waals surface area contributed by atoms with Gasteiger partial charge < -0.3 is 15.4 Å². The molecular formula is C22H22N2O3. The molecule has 0 unspecified atom stereocenters. The molecule has 1 atom stereocenters. The van der Waals surface area contributed by atoms with Crippen LogP contribution in [0.25, 0.3) is 10.8 Å². The second-order valence-corrected chi connectivity index (χ2v) is 6.44. The Morgan fingerprint density at radius 3 is 2.07 bits per heavy atom. The molecule has 0 saturated heterocycles. The molecular weight excluding hydrogens is 340 g/mol. The summed E-state index contributed by atoms with van der Waals surface area (Å²) >= 11 is 0. The lowest BCUT2D eigenvalue weighted by Gasteiger charge is -2.14. The van der Waals surface area contributed by atoms with Gasteiger partial charge in [-0.25, -0.2) is 0 Å². The Labute approximate surface area is 158 Å². The van der Waals surface area contributed by atoms with E-state index in [4.69, 9.17) is 4.74 Å². The quantitative estimate of drug-likeness (QED) is 0.700. The third kappa shape index (κ3) is 4.44. The maximum absolute atomic E-state index is 12.6. The van der Waals surface area contributed by atoms with Crippen molar-refractivity contribution in [1.82, 2.24) is 0 Å². The summed E-state index contributed by atoms with van der Waals surface area (Å²) in [5, 5.41) is 7.75. The molecule has 0 aromatic heterocycles. The van der Waals surface area contributed by atoms with E-state index in [0.29, 0.717) is 11.4 Å². The summed E-state index contributed by atoms with van der Waals surface area (Å²) < 4.78 is 5.25. The predicted octanol–water partition coefficient (Wildman–Crippen LogP) is 4.55. The second-order valence-electron chi connectivity index (χ2n) is 6.44. The molecule has 0 aliphatic rings. The molecule has 0 aliphatic carbocycles. The fourth-order valence-corrected chi connectivity index (χ4v) is 2.88. The standard InChI is InChI=1S/C22H22N2O3/c1-14(16-4-5-18-13-21(27-3)11-6-17(18)12-16)22(26)24-20-9-7-19(8-10-20)23-15(2)25/h4-14H,1-3H3,(H,23,25)(H,24,26)/t14-/m1/s1. The van der Waals surface area contributed by atoms with Gasteiger partial charge in [0.1, 0.15) is 5.75 Å². The Hall–Kier alpha value is -3.34. The van der Waals surface area contributed by atoms with Gasteiger partial charge >= 0.3 is 0 Å². The molecule has 3 aromatic carbocycles. The first-order chi connectivity index (χ1) is 13.0. The molecule has 5 nitrogen and oxygen atoms in total. The number of hydrogen-bond acceptors (Lipinski definition) is 3. The molecule has 138 valence electrons. The third-order valence-corrected chi connectivity index (χ3v) is 4.44. The topological polar surface area (TPSA) is 67.4 Å². The maximum atomic E-state index is 12.6. The van der Waals surface area contributed by atoms with Crippen molar-refractivity contribution in [1.29, 1.82) is 0 Å². The highest BCUT2D eigenvalue weighted by Gasteiger charge is 2.16. The highest BCUT2D eigenvalue weighted by molar-refractivity contribution is 5.97. The SMILES string of the molecule is COc1ccc2cc([C@@H](C)C(=O)Nc3ccc(NC(C)=O)cc3)ccc2c1. The lowest BCUT2D eigenvalue weighted by atomic mass is 9.97. The van der Waals surface area contributed by atoms with E-state index in [1.807, 2.05) is 43.3 Å². The van der Waals surface area contributed by atoms with E-state index >= 15 is 0 Å². The van der Waals surface area contributed by atoms with Gasteiger partial charge in [-0.15, -0.1) is 0 Å². The molecule has 2 amide bonds. The lowest BCUT2D eigenvalue weighted by molar-refractivity contribution is -0.117. The number of anilines is 2. The molecule has 0 heterocycles. The first-order valence-electron chi connectivity index (χ1n) is 8.72. The Morgan fingerprint density at radius 1 is 0.852 bits per heavy atom. The van der Waals surface area contributed by atoms with Crippen LogP contribution < -0.4 is 15.4 Å². The van der Waals surface area contributed by atoms with Gasteiger partial charge in [0.25, 0.3) is 0 Å².